The SMILES string of the molecule is COc1ccc(-c2cc(=O)c3cc(C)c(C)c(C(=O)O)c3o2)cc1. The van der Waals surface area contributed by atoms with Gasteiger partial charge in [-0.15, -0.1) is 0 Å². The van der Waals surface area contributed by atoms with Crippen molar-refractivity contribution >= 4 is 16.9 Å². The summed E-state index contributed by atoms with van der Waals surface area (Å²) in [4.78, 5) is 24.1. The third kappa shape index (κ3) is 2.54. The van der Waals surface area contributed by atoms with E-state index in [1.165, 1.54) is 6.07 Å². The molecule has 1 heterocycles. The highest BCUT2D eigenvalue weighted by Gasteiger charge is 2.19. The van der Waals surface area contributed by atoms with Gasteiger partial charge in [-0.1, -0.05) is 0 Å². The number of benzene rings is 2. The van der Waals surface area contributed by atoms with Gasteiger partial charge in [0.25, 0.3) is 0 Å². The van der Waals surface area contributed by atoms with Crippen molar-refractivity contribution in [3.63, 3.8) is 0 Å². The van der Waals surface area contributed by atoms with Gasteiger partial charge in [-0.2, -0.15) is 0 Å². The lowest BCUT2D eigenvalue weighted by atomic mass is 9.99. The van der Waals surface area contributed by atoms with E-state index in [4.69, 9.17) is 9.15 Å². The normalized spacial score (nSPS) is 10.8. The van der Waals surface area contributed by atoms with Crippen LogP contribution in [-0.2, 0) is 0 Å². The highest BCUT2D eigenvalue weighted by atomic mass is 16.5. The molecule has 3 rings (SSSR count). The number of hydrogen-bond donors (Lipinski definition) is 1. The van der Waals surface area contributed by atoms with Crippen molar-refractivity contribution in [2.75, 3.05) is 7.11 Å². The van der Waals surface area contributed by atoms with E-state index in [-0.39, 0.29) is 22.0 Å². The van der Waals surface area contributed by atoms with Crippen LogP contribution in [0.2, 0.25) is 0 Å². The van der Waals surface area contributed by atoms with Crippen LogP contribution in [0, 0.1) is 13.8 Å². The zero-order chi connectivity index (χ0) is 17.4. The summed E-state index contributed by atoms with van der Waals surface area (Å²) < 4.78 is 10.9. The number of carboxylic acids is 1. The molecular formula is C19H16O5. The Hall–Kier alpha value is -3.08. The summed E-state index contributed by atoms with van der Waals surface area (Å²) in [6.45, 7) is 3.48. The maximum absolute atomic E-state index is 12.5. The average molecular weight is 324 g/mol. The predicted molar refractivity (Wildman–Crippen MR) is 90.9 cm³/mol. The minimum Gasteiger partial charge on any atom is -0.497 e. The van der Waals surface area contributed by atoms with E-state index in [0.29, 0.717) is 22.6 Å². The van der Waals surface area contributed by atoms with E-state index in [2.05, 4.69) is 0 Å². The highest BCUT2D eigenvalue weighted by molar-refractivity contribution is 6.03. The second kappa shape index (κ2) is 5.85. The number of fused-ring (bicyclic) bond motifs is 1. The molecule has 1 aromatic heterocycles. The number of carbonyl (C=O) groups is 1. The van der Waals surface area contributed by atoms with Crippen LogP contribution in [0.25, 0.3) is 22.3 Å². The number of aromatic carboxylic acids is 1. The van der Waals surface area contributed by atoms with Crippen LogP contribution in [-0.4, -0.2) is 18.2 Å². The van der Waals surface area contributed by atoms with Crippen LogP contribution in [0.1, 0.15) is 21.5 Å². The van der Waals surface area contributed by atoms with Crippen LogP contribution in [0.3, 0.4) is 0 Å². The molecule has 24 heavy (non-hydrogen) atoms. The molecule has 0 unspecified atom stereocenters. The van der Waals surface area contributed by atoms with Gasteiger partial charge >= 0.3 is 5.97 Å². The zero-order valence-corrected chi connectivity index (χ0v) is 13.5. The molecule has 0 bridgehead atoms. The Labute approximate surface area is 138 Å². The third-order valence-corrected chi connectivity index (χ3v) is 4.13. The number of ether oxygens (including phenoxy) is 1. The van der Waals surface area contributed by atoms with E-state index < -0.39 is 5.97 Å². The molecule has 5 heteroatoms. The van der Waals surface area contributed by atoms with Gasteiger partial charge in [-0.05, 0) is 55.3 Å². The molecule has 0 spiro atoms. The summed E-state index contributed by atoms with van der Waals surface area (Å²) in [5.41, 5.74) is 1.85. The Morgan fingerprint density at radius 3 is 2.38 bits per heavy atom. The molecule has 0 amide bonds. The standard InChI is InChI=1S/C19H16O5/c1-10-8-14-15(20)9-16(12-4-6-13(23-3)7-5-12)24-18(14)17(11(10)2)19(21)22/h4-9H,1-3H3,(H,21,22). The fraction of sp³-hybridized carbons (Fsp3) is 0.158. The first-order valence-corrected chi connectivity index (χ1v) is 7.38. The second-order valence-electron chi connectivity index (χ2n) is 5.58. The Balaban J connectivity index is 2.32. The van der Waals surface area contributed by atoms with Gasteiger partial charge in [-0.3, -0.25) is 4.79 Å². The Morgan fingerprint density at radius 1 is 1.12 bits per heavy atom. The number of methoxy groups -OCH3 is 1. The Kier molecular flexibility index (Phi) is 3.85. The number of carboxylic acid groups (broad SMARTS) is 1. The van der Waals surface area contributed by atoms with Crippen LogP contribution < -0.4 is 10.2 Å². The lowest BCUT2D eigenvalue weighted by Gasteiger charge is -2.10. The molecule has 0 aliphatic rings. The maximum Gasteiger partial charge on any atom is 0.339 e. The quantitative estimate of drug-likeness (QED) is 0.793. The summed E-state index contributed by atoms with van der Waals surface area (Å²) >= 11 is 0. The van der Waals surface area contributed by atoms with Crippen molar-refractivity contribution in [3.05, 3.63) is 63.3 Å². The van der Waals surface area contributed by atoms with Crippen LogP contribution in [0.4, 0.5) is 0 Å². The Morgan fingerprint density at radius 2 is 1.79 bits per heavy atom. The molecule has 0 saturated carbocycles. The van der Waals surface area contributed by atoms with Gasteiger partial charge in [0.2, 0.25) is 0 Å². The summed E-state index contributed by atoms with van der Waals surface area (Å²) in [5.74, 6) is -0.114. The summed E-state index contributed by atoms with van der Waals surface area (Å²) in [7, 11) is 1.56. The topological polar surface area (TPSA) is 76.7 Å². The maximum atomic E-state index is 12.5. The van der Waals surface area contributed by atoms with Crippen LogP contribution >= 0.6 is 0 Å². The van der Waals surface area contributed by atoms with Crippen molar-refractivity contribution in [3.8, 4) is 17.1 Å². The minimum atomic E-state index is -1.11. The first-order valence-electron chi connectivity index (χ1n) is 7.38. The van der Waals surface area contributed by atoms with Crippen LogP contribution in [0.15, 0.2) is 45.6 Å². The zero-order valence-electron chi connectivity index (χ0n) is 13.5. The molecule has 0 saturated heterocycles. The second-order valence-corrected chi connectivity index (χ2v) is 5.58. The van der Waals surface area contributed by atoms with Gasteiger partial charge < -0.3 is 14.3 Å². The molecule has 0 atom stereocenters. The average Bonchev–Trinajstić information content (AvgIpc) is 2.56. The Bertz CT molecular complexity index is 997. The summed E-state index contributed by atoms with van der Waals surface area (Å²) in [6, 6.07) is 10.1. The first-order chi connectivity index (χ1) is 11.4. The number of rotatable bonds is 3. The first kappa shape index (κ1) is 15.8. The van der Waals surface area contributed by atoms with E-state index in [1.807, 2.05) is 0 Å². The van der Waals surface area contributed by atoms with E-state index in [0.717, 1.165) is 5.56 Å². The fourth-order valence-electron chi connectivity index (χ4n) is 2.67. The van der Waals surface area contributed by atoms with Gasteiger partial charge in [0.15, 0.2) is 11.0 Å². The predicted octanol–water partition coefficient (Wildman–Crippen LogP) is 3.78. The fourth-order valence-corrected chi connectivity index (χ4v) is 2.67. The largest absolute Gasteiger partial charge is 0.497 e. The molecule has 0 radical (unpaired) electrons. The molecule has 1 N–H and O–H groups in total. The molecule has 0 aliphatic heterocycles. The monoisotopic (exact) mass is 324 g/mol. The van der Waals surface area contributed by atoms with Crippen LogP contribution in [0.5, 0.6) is 5.75 Å². The molecular weight excluding hydrogens is 308 g/mol. The third-order valence-electron chi connectivity index (χ3n) is 4.13. The van der Waals surface area contributed by atoms with Crippen molar-refractivity contribution in [2.45, 2.75) is 13.8 Å². The van der Waals surface area contributed by atoms with E-state index >= 15 is 0 Å². The molecule has 2 aromatic carbocycles. The van der Waals surface area contributed by atoms with Gasteiger partial charge in [0, 0.05) is 11.6 Å². The number of aryl methyl sites for hydroxylation is 1. The lowest BCUT2D eigenvalue weighted by Crippen LogP contribution is -2.08. The lowest BCUT2D eigenvalue weighted by molar-refractivity contribution is 0.0697. The van der Waals surface area contributed by atoms with Gasteiger partial charge in [0.1, 0.15) is 17.1 Å². The molecule has 0 fully saturated rings. The molecule has 0 aliphatic carbocycles. The highest BCUT2D eigenvalue weighted by Crippen LogP contribution is 2.28. The van der Waals surface area contributed by atoms with Gasteiger partial charge in [-0.25, -0.2) is 4.79 Å². The van der Waals surface area contributed by atoms with Crippen molar-refractivity contribution in [2.24, 2.45) is 0 Å². The van der Waals surface area contributed by atoms with Crippen molar-refractivity contribution in [1.29, 1.82) is 0 Å². The van der Waals surface area contributed by atoms with E-state index in [1.54, 1.807) is 51.3 Å². The molecule has 5 nitrogen and oxygen atoms in total. The smallest absolute Gasteiger partial charge is 0.339 e. The van der Waals surface area contributed by atoms with E-state index in [9.17, 15) is 14.7 Å². The van der Waals surface area contributed by atoms with Crippen molar-refractivity contribution < 1.29 is 19.1 Å². The minimum absolute atomic E-state index is 0.0254. The summed E-state index contributed by atoms with van der Waals surface area (Å²) in [5, 5.41) is 9.80. The molecule has 122 valence electrons. The van der Waals surface area contributed by atoms with Crippen molar-refractivity contribution in [1.82, 2.24) is 0 Å². The number of hydrogen-bond acceptors (Lipinski definition) is 4. The van der Waals surface area contributed by atoms with Gasteiger partial charge in [0.05, 0.1) is 12.5 Å². The summed E-state index contributed by atoms with van der Waals surface area (Å²) in [6.07, 6.45) is 0. The molecule has 3 aromatic rings.